The largest absolute Gasteiger partial charge is 0.493 e. The smallest absolute Gasteiger partial charge is 0.214 e. The van der Waals surface area contributed by atoms with E-state index in [9.17, 15) is 4.39 Å². The molecule has 3 rings (SSSR count). The molecule has 0 aliphatic carbocycles. The Morgan fingerprint density at radius 3 is 2.68 bits per heavy atom. The second-order valence-electron chi connectivity index (χ2n) is 5.88. The molecule has 3 aromatic rings. The van der Waals surface area contributed by atoms with E-state index in [4.69, 9.17) is 44.9 Å². The average molecular weight is 443 g/mol. The van der Waals surface area contributed by atoms with Gasteiger partial charge in [0.25, 0.3) is 0 Å². The lowest BCUT2D eigenvalue weighted by molar-refractivity contribution is 0.284. The van der Waals surface area contributed by atoms with Crippen molar-refractivity contribution < 1.29 is 13.9 Å². The average Bonchev–Trinajstić information content (AvgIpc) is 2.97. The van der Waals surface area contributed by atoms with Gasteiger partial charge in [-0.2, -0.15) is 5.10 Å². The van der Waals surface area contributed by atoms with Crippen molar-refractivity contribution in [2.75, 3.05) is 12.5 Å². The van der Waals surface area contributed by atoms with E-state index in [1.807, 2.05) is 6.92 Å². The van der Waals surface area contributed by atoms with Crippen molar-refractivity contribution in [1.82, 2.24) is 14.9 Å². The number of ether oxygens (including phenoxy) is 2. The molecule has 1 heterocycles. The summed E-state index contributed by atoms with van der Waals surface area (Å²) in [6.07, 6.45) is 0. The van der Waals surface area contributed by atoms with Crippen LogP contribution in [-0.2, 0) is 13.2 Å². The maximum atomic E-state index is 13.2. The van der Waals surface area contributed by atoms with Crippen molar-refractivity contribution in [2.45, 2.75) is 20.1 Å². The zero-order valence-corrected chi connectivity index (χ0v) is 17.4. The zero-order valence-electron chi connectivity index (χ0n) is 15.1. The van der Waals surface area contributed by atoms with Crippen LogP contribution >= 0.6 is 35.4 Å². The van der Waals surface area contributed by atoms with Crippen LogP contribution in [0.1, 0.15) is 17.0 Å². The van der Waals surface area contributed by atoms with E-state index >= 15 is 0 Å². The zero-order chi connectivity index (χ0) is 20.3. The van der Waals surface area contributed by atoms with Crippen LogP contribution in [0.15, 0.2) is 30.3 Å². The number of aromatic amines is 1. The van der Waals surface area contributed by atoms with Gasteiger partial charge in [0.15, 0.2) is 11.5 Å². The van der Waals surface area contributed by atoms with E-state index in [2.05, 4.69) is 15.6 Å². The Hall–Kier alpha value is -2.29. The van der Waals surface area contributed by atoms with E-state index < -0.39 is 5.82 Å². The molecule has 0 fully saturated rings. The van der Waals surface area contributed by atoms with Gasteiger partial charge >= 0.3 is 0 Å². The fourth-order valence-electron chi connectivity index (χ4n) is 2.54. The summed E-state index contributed by atoms with van der Waals surface area (Å²) in [5, 5.41) is 7.40. The number of methoxy groups -OCH3 is 1. The normalized spacial score (nSPS) is 10.8. The number of benzene rings is 2. The molecule has 0 saturated heterocycles. The van der Waals surface area contributed by atoms with Crippen molar-refractivity contribution in [1.29, 1.82) is 0 Å². The number of nitrogens with one attached hydrogen (secondary N) is 2. The van der Waals surface area contributed by atoms with E-state index in [1.165, 1.54) is 19.2 Å². The third kappa shape index (κ3) is 4.57. The molecule has 0 bridgehead atoms. The van der Waals surface area contributed by atoms with Gasteiger partial charge in [-0.1, -0.05) is 29.3 Å². The fourth-order valence-corrected chi connectivity index (χ4v) is 3.29. The molecular weight excluding hydrogens is 426 g/mol. The summed E-state index contributed by atoms with van der Waals surface area (Å²) in [7, 11) is 1.52. The first kappa shape index (κ1) is 20.4. The third-order valence-electron chi connectivity index (χ3n) is 3.96. The molecule has 0 spiro atoms. The van der Waals surface area contributed by atoms with Gasteiger partial charge in [-0.05, 0) is 49.0 Å². The molecule has 2 aromatic carbocycles. The van der Waals surface area contributed by atoms with Gasteiger partial charge in [0.1, 0.15) is 18.2 Å². The first-order chi connectivity index (χ1) is 13.4. The van der Waals surface area contributed by atoms with Gasteiger partial charge in [0.05, 0.1) is 23.7 Å². The number of aryl methyl sites for hydroxylation is 1. The molecule has 0 aliphatic rings. The number of nitrogens with zero attached hydrogens (tertiary/aromatic N) is 2. The minimum Gasteiger partial charge on any atom is -0.493 e. The second-order valence-corrected chi connectivity index (χ2v) is 7.08. The Labute approximate surface area is 176 Å². The number of rotatable bonds is 7. The number of halogens is 3. The summed E-state index contributed by atoms with van der Waals surface area (Å²) in [5.41, 5.74) is 4.65. The molecule has 0 atom stereocenters. The maximum absolute atomic E-state index is 13.2. The number of hydrogen-bond acceptors (Lipinski definition) is 5. The van der Waals surface area contributed by atoms with Crippen molar-refractivity contribution in [3.63, 3.8) is 0 Å². The lowest BCUT2D eigenvalue weighted by atomic mass is 10.2. The summed E-state index contributed by atoms with van der Waals surface area (Å²) in [6.45, 7) is 2.38. The van der Waals surface area contributed by atoms with Crippen LogP contribution in [0.2, 0.25) is 10.0 Å². The van der Waals surface area contributed by atoms with E-state index in [1.54, 1.807) is 22.9 Å². The summed E-state index contributed by atoms with van der Waals surface area (Å²) >= 11 is 17.6. The molecule has 0 radical (unpaired) electrons. The highest BCUT2D eigenvalue weighted by Gasteiger charge is 2.14. The van der Waals surface area contributed by atoms with Crippen molar-refractivity contribution in [3.8, 4) is 11.5 Å². The fraction of sp³-hybridized carbons (Fsp3) is 0.222. The van der Waals surface area contributed by atoms with Gasteiger partial charge in [0, 0.05) is 5.56 Å². The molecule has 0 unspecified atom stereocenters. The molecule has 6 nitrogen and oxygen atoms in total. The van der Waals surface area contributed by atoms with Crippen molar-refractivity contribution in [2.24, 2.45) is 0 Å². The summed E-state index contributed by atoms with van der Waals surface area (Å²) in [6, 6.07) is 7.68. The van der Waals surface area contributed by atoms with Gasteiger partial charge < -0.3 is 14.9 Å². The molecule has 2 N–H and O–H groups in total. The van der Waals surface area contributed by atoms with Gasteiger partial charge in [0.2, 0.25) is 4.77 Å². The minimum atomic E-state index is -0.408. The predicted octanol–water partition coefficient (Wildman–Crippen LogP) is 5.03. The Bertz CT molecular complexity index is 1050. The van der Waals surface area contributed by atoms with Crippen molar-refractivity contribution >= 4 is 35.4 Å². The topological polar surface area (TPSA) is 64.1 Å². The Morgan fingerprint density at radius 2 is 2.04 bits per heavy atom. The lowest BCUT2D eigenvalue weighted by Gasteiger charge is -2.15. The predicted molar refractivity (Wildman–Crippen MR) is 109 cm³/mol. The molecule has 0 aliphatic heterocycles. The van der Waals surface area contributed by atoms with Crippen molar-refractivity contribution in [3.05, 3.63) is 67.9 Å². The minimum absolute atomic E-state index is 0.121. The third-order valence-corrected chi connectivity index (χ3v) is 4.86. The van der Waals surface area contributed by atoms with E-state index in [0.717, 1.165) is 5.56 Å². The highest BCUT2D eigenvalue weighted by atomic mass is 35.5. The molecule has 0 saturated carbocycles. The first-order valence-electron chi connectivity index (χ1n) is 8.20. The highest BCUT2D eigenvalue weighted by molar-refractivity contribution is 7.71. The van der Waals surface area contributed by atoms with Crippen LogP contribution < -0.4 is 14.9 Å². The second kappa shape index (κ2) is 8.81. The molecule has 148 valence electrons. The number of aromatic nitrogens is 3. The highest BCUT2D eigenvalue weighted by Crippen LogP contribution is 2.37. The monoisotopic (exact) mass is 442 g/mol. The Kier molecular flexibility index (Phi) is 6.43. The SMILES string of the molecule is COc1cc(CNn2c(C)n[nH]c2=S)cc(Cl)c1OCc1ccc(F)cc1Cl. The van der Waals surface area contributed by atoms with E-state index in [0.29, 0.717) is 39.2 Å². The summed E-state index contributed by atoms with van der Waals surface area (Å²) < 4.78 is 26.5. The van der Waals surface area contributed by atoms with Crippen LogP contribution in [0, 0.1) is 17.5 Å². The van der Waals surface area contributed by atoms with Crippen LogP contribution in [0.5, 0.6) is 11.5 Å². The van der Waals surface area contributed by atoms with Gasteiger partial charge in [-0.25, -0.2) is 9.07 Å². The Balaban J connectivity index is 1.76. The molecule has 1 aromatic heterocycles. The quantitative estimate of drug-likeness (QED) is 0.502. The summed E-state index contributed by atoms with van der Waals surface area (Å²) in [4.78, 5) is 0. The molecule has 28 heavy (non-hydrogen) atoms. The molecular formula is C18H17Cl2FN4O2S. The lowest BCUT2D eigenvalue weighted by Crippen LogP contribution is -2.16. The van der Waals surface area contributed by atoms with Gasteiger partial charge in [-0.3, -0.25) is 5.10 Å². The first-order valence-corrected chi connectivity index (χ1v) is 9.36. The maximum Gasteiger partial charge on any atom is 0.214 e. The molecule has 10 heteroatoms. The molecule has 0 amide bonds. The van der Waals surface area contributed by atoms with E-state index in [-0.39, 0.29) is 11.6 Å². The van der Waals surface area contributed by atoms with Crippen LogP contribution in [-0.4, -0.2) is 22.0 Å². The standard InChI is InChI=1S/C18H17Cl2FN4O2S/c1-10-23-24-18(28)25(10)22-8-11-5-15(20)17(16(6-11)26-2)27-9-12-3-4-13(21)7-14(12)19/h3-7,22H,8-9H2,1-2H3,(H,24,28). The van der Waals surface area contributed by atoms with Gasteiger partial charge in [-0.15, -0.1) is 0 Å². The number of H-pyrrole nitrogens is 1. The number of hydrogen-bond donors (Lipinski definition) is 2. The van der Waals surface area contributed by atoms with Crippen LogP contribution in [0.25, 0.3) is 0 Å². The van der Waals surface area contributed by atoms with Crippen LogP contribution in [0.3, 0.4) is 0 Å². The Morgan fingerprint density at radius 1 is 1.25 bits per heavy atom. The summed E-state index contributed by atoms with van der Waals surface area (Å²) in [5.74, 6) is 1.15. The van der Waals surface area contributed by atoms with Crippen LogP contribution in [0.4, 0.5) is 4.39 Å².